The minimum Gasteiger partial charge on any atom is -0.478 e. The number of rotatable bonds is 2. The standard InChI is InChI=1S/C13H13FN2O2S/c1-13(3-2-4-19-13)12-15-9-5-7(11(17)18)8(14)6-10(9)16-12/h5-6H,2-4H2,1H3,(H,15,16)(H,17,18). The van der Waals surface area contributed by atoms with E-state index >= 15 is 0 Å². The zero-order chi connectivity index (χ0) is 13.6. The van der Waals surface area contributed by atoms with Crippen LogP contribution in [-0.4, -0.2) is 26.8 Å². The third-order valence-corrected chi connectivity index (χ3v) is 5.05. The fourth-order valence-electron chi connectivity index (χ4n) is 2.41. The molecular weight excluding hydrogens is 267 g/mol. The zero-order valence-electron chi connectivity index (χ0n) is 10.4. The van der Waals surface area contributed by atoms with Crippen LogP contribution in [0, 0.1) is 5.82 Å². The summed E-state index contributed by atoms with van der Waals surface area (Å²) in [5.41, 5.74) is 0.712. The van der Waals surface area contributed by atoms with Crippen molar-refractivity contribution in [3.05, 3.63) is 29.3 Å². The van der Waals surface area contributed by atoms with Gasteiger partial charge in [-0.1, -0.05) is 0 Å². The van der Waals surface area contributed by atoms with E-state index in [0.717, 1.165) is 24.4 Å². The highest BCUT2D eigenvalue weighted by atomic mass is 32.2. The molecule has 1 saturated heterocycles. The Morgan fingerprint density at radius 2 is 2.37 bits per heavy atom. The summed E-state index contributed by atoms with van der Waals surface area (Å²) in [5, 5.41) is 8.91. The molecule has 1 aliphatic heterocycles. The van der Waals surface area contributed by atoms with Crippen LogP contribution in [0.3, 0.4) is 0 Å². The van der Waals surface area contributed by atoms with E-state index in [1.165, 1.54) is 12.1 Å². The fourth-order valence-corrected chi connectivity index (χ4v) is 3.67. The van der Waals surface area contributed by atoms with Crippen molar-refractivity contribution < 1.29 is 14.3 Å². The average molecular weight is 280 g/mol. The molecule has 0 saturated carbocycles. The van der Waals surface area contributed by atoms with Gasteiger partial charge in [0.25, 0.3) is 0 Å². The lowest BCUT2D eigenvalue weighted by Gasteiger charge is -2.18. The summed E-state index contributed by atoms with van der Waals surface area (Å²) in [7, 11) is 0. The molecule has 3 rings (SSSR count). The van der Waals surface area contributed by atoms with Crippen LogP contribution in [0.4, 0.5) is 4.39 Å². The summed E-state index contributed by atoms with van der Waals surface area (Å²) >= 11 is 1.82. The minimum absolute atomic E-state index is 0.0844. The first-order valence-electron chi connectivity index (χ1n) is 6.06. The van der Waals surface area contributed by atoms with Gasteiger partial charge in [-0.15, -0.1) is 11.8 Å². The number of fused-ring (bicyclic) bond motifs is 1. The summed E-state index contributed by atoms with van der Waals surface area (Å²) < 4.78 is 13.5. The number of carbonyl (C=O) groups is 1. The van der Waals surface area contributed by atoms with Crippen molar-refractivity contribution in [2.75, 3.05) is 5.75 Å². The summed E-state index contributed by atoms with van der Waals surface area (Å²) in [5.74, 6) is -0.126. The van der Waals surface area contributed by atoms with Crippen LogP contribution in [0.5, 0.6) is 0 Å². The van der Waals surface area contributed by atoms with Gasteiger partial charge in [-0.2, -0.15) is 0 Å². The fraction of sp³-hybridized carbons (Fsp3) is 0.385. The lowest BCUT2D eigenvalue weighted by Crippen LogP contribution is -2.14. The quantitative estimate of drug-likeness (QED) is 0.887. The maximum absolute atomic E-state index is 13.6. The number of thioether (sulfide) groups is 1. The maximum Gasteiger partial charge on any atom is 0.338 e. The number of nitrogens with zero attached hydrogens (tertiary/aromatic N) is 1. The van der Waals surface area contributed by atoms with E-state index in [2.05, 4.69) is 16.9 Å². The lowest BCUT2D eigenvalue weighted by atomic mass is 10.1. The smallest absolute Gasteiger partial charge is 0.338 e. The normalized spacial score (nSPS) is 23.1. The number of benzene rings is 1. The van der Waals surface area contributed by atoms with E-state index in [-0.39, 0.29) is 10.3 Å². The van der Waals surface area contributed by atoms with Crippen LogP contribution in [0.15, 0.2) is 12.1 Å². The average Bonchev–Trinajstić information content (AvgIpc) is 2.94. The topological polar surface area (TPSA) is 66.0 Å². The Morgan fingerprint density at radius 1 is 1.58 bits per heavy atom. The van der Waals surface area contributed by atoms with Gasteiger partial charge >= 0.3 is 5.97 Å². The van der Waals surface area contributed by atoms with Crippen molar-refractivity contribution in [3.63, 3.8) is 0 Å². The van der Waals surface area contributed by atoms with Crippen LogP contribution in [0.25, 0.3) is 11.0 Å². The van der Waals surface area contributed by atoms with Gasteiger partial charge in [0.2, 0.25) is 0 Å². The van der Waals surface area contributed by atoms with E-state index in [0.29, 0.717) is 11.0 Å². The summed E-state index contributed by atoms with van der Waals surface area (Å²) in [4.78, 5) is 18.5. The van der Waals surface area contributed by atoms with Crippen molar-refractivity contribution in [1.29, 1.82) is 0 Å². The van der Waals surface area contributed by atoms with Crippen molar-refractivity contribution in [1.82, 2.24) is 9.97 Å². The summed E-state index contributed by atoms with van der Waals surface area (Å²) in [6, 6.07) is 2.49. The number of imidazole rings is 1. The van der Waals surface area contributed by atoms with E-state index in [4.69, 9.17) is 5.11 Å². The third kappa shape index (κ3) is 2.00. The van der Waals surface area contributed by atoms with Crippen LogP contribution >= 0.6 is 11.8 Å². The summed E-state index contributed by atoms with van der Waals surface area (Å²) in [6.07, 6.45) is 2.15. The zero-order valence-corrected chi connectivity index (χ0v) is 11.2. The predicted molar refractivity (Wildman–Crippen MR) is 72.1 cm³/mol. The van der Waals surface area contributed by atoms with Gasteiger partial charge in [0, 0.05) is 6.07 Å². The second kappa shape index (κ2) is 4.23. The Bertz CT molecular complexity index is 662. The van der Waals surface area contributed by atoms with Crippen LogP contribution in [0.2, 0.25) is 0 Å². The van der Waals surface area contributed by atoms with Gasteiger partial charge in [0.15, 0.2) is 0 Å². The third-order valence-electron chi connectivity index (χ3n) is 3.52. The predicted octanol–water partition coefficient (Wildman–Crippen LogP) is 3.14. The van der Waals surface area contributed by atoms with Crippen LogP contribution in [-0.2, 0) is 4.75 Å². The van der Waals surface area contributed by atoms with Crippen LogP contribution in [0.1, 0.15) is 35.9 Å². The lowest BCUT2D eigenvalue weighted by molar-refractivity contribution is 0.0692. The highest BCUT2D eigenvalue weighted by Crippen LogP contribution is 2.45. The number of hydrogen-bond acceptors (Lipinski definition) is 3. The first-order valence-corrected chi connectivity index (χ1v) is 7.05. The Labute approximate surface area is 113 Å². The molecule has 2 aromatic rings. The highest BCUT2D eigenvalue weighted by molar-refractivity contribution is 8.00. The number of hydrogen-bond donors (Lipinski definition) is 2. The van der Waals surface area contributed by atoms with E-state index < -0.39 is 11.8 Å². The molecule has 1 atom stereocenters. The van der Waals surface area contributed by atoms with Gasteiger partial charge in [-0.05, 0) is 31.6 Å². The molecule has 2 heterocycles. The van der Waals surface area contributed by atoms with Gasteiger partial charge in [-0.3, -0.25) is 0 Å². The van der Waals surface area contributed by atoms with Crippen LogP contribution < -0.4 is 0 Å². The van der Waals surface area contributed by atoms with Gasteiger partial charge < -0.3 is 10.1 Å². The molecule has 0 aliphatic carbocycles. The first-order chi connectivity index (χ1) is 8.99. The molecule has 0 spiro atoms. The molecule has 4 nitrogen and oxygen atoms in total. The number of carboxylic acids is 1. The summed E-state index contributed by atoms with van der Waals surface area (Å²) in [6.45, 7) is 2.11. The molecule has 1 fully saturated rings. The Kier molecular flexibility index (Phi) is 2.78. The van der Waals surface area contributed by atoms with E-state index in [1.807, 2.05) is 11.8 Å². The molecule has 1 aromatic carbocycles. The second-order valence-electron chi connectivity index (χ2n) is 4.92. The number of H-pyrrole nitrogens is 1. The SMILES string of the molecule is CC1(c2nc3cc(C(=O)O)c(F)cc3[nH]2)CCCS1. The maximum atomic E-state index is 13.6. The number of carboxylic acid groups (broad SMARTS) is 1. The molecule has 1 aromatic heterocycles. The minimum atomic E-state index is -1.27. The first kappa shape index (κ1) is 12.5. The molecule has 2 N–H and O–H groups in total. The van der Waals surface area contributed by atoms with Gasteiger partial charge in [-0.25, -0.2) is 14.2 Å². The second-order valence-corrected chi connectivity index (χ2v) is 6.52. The Hall–Kier alpha value is -1.56. The molecule has 19 heavy (non-hydrogen) atoms. The molecule has 100 valence electrons. The Balaban J connectivity index is 2.13. The van der Waals surface area contributed by atoms with E-state index in [9.17, 15) is 9.18 Å². The molecule has 0 amide bonds. The molecule has 1 unspecified atom stereocenters. The van der Waals surface area contributed by atoms with Crippen molar-refractivity contribution in [2.24, 2.45) is 0 Å². The number of aromatic amines is 1. The molecule has 0 radical (unpaired) electrons. The largest absolute Gasteiger partial charge is 0.478 e. The number of aromatic carboxylic acids is 1. The monoisotopic (exact) mass is 280 g/mol. The van der Waals surface area contributed by atoms with Crippen molar-refractivity contribution >= 4 is 28.8 Å². The molecular formula is C13H13FN2O2S. The molecule has 0 bridgehead atoms. The van der Waals surface area contributed by atoms with E-state index in [1.54, 1.807) is 0 Å². The van der Waals surface area contributed by atoms with Crippen molar-refractivity contribution in [3.8, 4) is 0 Å². The van der Waals surface area contributed by atoms with Gasteiger partial charge in [0.05, 0.1) is 21.3 Å². The molecule has 6 heteroatoms. The van der Waals surface area contributed by atoms with Gasteiger partial charge in [0.1, 0.15) is 11.6 Å². The highest BCUT2D eigenvalue weighted by Gasteiger charge is 2.34. The Morgan fingerprint density at radius 3 is 3.00 bits per heavy atom. The molecule has 1 aliphatic rings. The number of halogens is 1. The van der Waals surface area contributed by atoms with Crippen molar-refractivity contribution in [2.45, 2.75) is 24.5 Å². The number of aromatic nitrogens is 2. The number of nitrogens with one attached hydrogen (secondary N) is 1.